The minimum atomic E-state index is 0.604. The van der Waals surface area contributed by atoms with Crippen LogP contribution in [0.3, 0.4) is 0 Å². The van der Waals surface area contributed by atoms with E-state index in [9.17, 15) is 0 Å². The molecule has 0 saturated carbocycles. The molecule has 0 N–H and O–H groups in total. The summed E-state index contributed by atoms with van der Waals surface area (Å²) in [5, 5.41) is 9.85. The number of hydrogen-bond acceptors (Lipinski definition) is 3. The van der Waals surface area contributed by atoms with E-state index in [1.807, 2.05) is 6.07 Å². The first-order valence-corrected chi connectivity index (χ1v) is 20.0. The fourth-order valence-electron chi connectivity index (χ4n) is 9.49. The summed E-state index contributed by atoms with van der Waals surface area (Å²) in [6.45, 7) is 0. The number of rotatable bonds is 4. The molecule has 0 saturated heterocycles. The number of hydrogen-bond donors (Lipinski definition) is 0. The third kappa shape index (κ3) is 4.61. The molecule has 0 fully saturated rings. The number of nitrogens with zero attached hydrogens (tertiary/aromatic N) is 4. The van der Waals surface area contributed by atoms with Crippen molar-refractivity contribution in [1.82, 2.24) is 19.1 Å². The standard InChI is InChI=1S/C54H32N4O/c1-3-13-33(14-4-1)34-23-26-37(27-24-34)57-45-21-11-9-19-39(45)41-29-30-43-48-46(32-31-42-40-20-10-12-22-47(40)59-53(42)48)58(52(43)51(41)57)54-55-49(36-16-5-2-6-17-36)44-28-25-35-15-7-8-18-38(35)50(44)56-54/h1-32H. The summed E-state index contributed by atoms with van der Waals surface area (Å²) < 4.78 is 11.5. The second-order valence-electron chi connectivity index (χ2n) is 15.3. The molecule has 4 heterocycles. The molecule has 0 bridgehead atoms. The molecule has 274 valence electrons. The molecule has 0 unspecified atom stereocenters. The number of furan rings is 1. The second kappa shape index (κ2) is 12.2. The van der Waals surface area contributed by atoms with Crippen LogP contribution in [-0.2, 0) is 0 Å². The van der Waals surface area contributed by atoms with Gasteiger partial charge >= 0.3 is 0 Å². The molecule has 9 aromatic carbocycles. The first kappa shape index (κ1) is 32.1. The predicted molar refractivity (Wildman–Crippen MR) is 244 cm³/mol. The number of para-hydroxylation sites is 2. The van der Waals surface area contributed by atoms with Crippen molar-refractivity contribution in [2.75, 3.05) is 0 Å². The van der Waals surface area contributed by atoms with Crippen molar-refractivity contribution in [3.63, 3.8) is 0 Å². The van der Waals surface area contributed by atoms with Crippen LogP contribution >= 0.6 is 0 Å². The van der Waals surface area contributed by atoms with Gasteiger partial charge in [-0.15, -0.1) is 0 Å². The van der Waals surface area contributed by atoms with E-state index < -0.39 is 0 Å². The zero-order valence-electron chi connectivity index (χ0n) is 31.7. The highest BCUT2D eigenvalue weighted by Crippen LogP contribution is 2.45. The van der Waals surface area contributed by atoms with Crippen LogP contribution in [0.2, 0.25) is 0 Å². The van der Waals surface area contributed by atoms with Crippen LogP contribution in [0.25, 0.3) is 121 Å². The number of benzene rings is 9. The summed E-state index contributed by atoms with van der Waals surface area (Å²) in [6, 6.07) is 68.8. The highest BCUT2D eigenvalue weighted by molar-refractivity contribution is 6.29. The highest BCUT2D eigenvalue weighted by atomic mass is 16.3. The number of fused-ring (bicyclic) bond motifs is 14. The Kier molecular flexibility index (Phi) is 6.66. The maximum atomic E-state index is 6.82. The third-order valence-corrected chi connectivity index (χ3v) is 12.1. The highest BCUT2D eigenvalue weighted by Gasteiger charge is 2.26. The van der Waals surface area contributed by atoms with Gasteiger partial charge in [0.25, 0.3) is 0 Å². The van der Waals surface area contributed by atoms with E-state index in [0.29, 0.717) is 5.95 Å². The summed E-state index contributed by atoms with van der Waals surface area (Å²) in [5.41, 5.74) is 12.2. The topological polar surface area (TPSA) is 48.8 Å². The van der Waals surface area contributed by atoms with Gasteiger partial charge in [0.1, 0.15) is 11.2 Å². The Hall–Kier alpha value is -8.02. The summed E-state index contributed by atoms with van der Waals surface area (Å²) in [5.74, 6) is 0.604. The van der Waals surface area contributed by atoms with Crippen molar-refractivity contribution < 1.29 is 4.42 Å². The van der Waals surface area contributed by atoms with E-state index >= 15 is 0 Å². The SMILES string of the molecule is c1ccc(-c2ccc(-n3c4ccccc4c4ccc5c6c7oc8ccccc8c7ccc6n(-c6nc(-c7ccccc7)c7ccc8ccccc8c7n6)c5c43)cc2)cc1. The average molecular weight is 753 g/mol. The lowest BCUT2D eigenvalue weighted by atomic mass is 10.0. The Morgan fingerprint density at radius 1 is 0.373 bits per heavy atom. The van der Waals surface area contributed by atoms with Gasteiger partial charge in [-0.2, -0.15) is 0 Å². The minimum Gasteiger partial charge on any atom is -0.455 e. The van der Waals surface area contributed by atoms with E-state index in [1.54, 1.807) is 0 Å². The first-order valence-electron chi connectivity index (χ1n) is 20.0. The van der Waals surface area contributed by atoms with Crippen molar-refractivity contribution in [3.8, 4) is 34.0 Å². The van der Waals surface area contributed by atoms with Crippen LogP contribution in [0.4, 0.5) is 0 Å². The Morgan fingerprint density at radius 2 is 1.00 bits per heavy atom. The fraction of sp³-hybridized carbons (Fsp3) is 0. The minimum absolute atomic E-state index is 0.604. The Labute approximate surface area is 337 Å². The fourth-order valence-corrected chi connectivity index (χ4v) is 9.49. The van der Waals surface area contributed by atoms with Gasteiger partial charge in [-0.25, -0.2) is 9.97 Å². The van der Waals surface area contributed by atoms with Crippen LogP contribution in [0.5, 0.6) is 0 Å². The lowest BCUT2D eigenvalue weighted by Gasteiger charge is -2.15. The summed E-state index contributed by atoms with van der Waals surface area (Å²) >= 11 is 0. The monoisotopic (exact) mass is 752 g/mol. The Balaban J connectivity index is 1.23. The van der Waals surface area contributed by atoms with Crippen molar-refractivity contribution in [1.29, 1.82) is 0 Å². The van der Waals surface area contributed by atoms with Gasteiger partial charge in [0.05, 0.1) is 38.7 Å². The molecule has 0 amide bonds. The van der Waals surface area contributed by atoms with E-state index in [0.717, 1.165) is 98.8 Å². The lowest BCUT2D eigenvalue weighted by molar-refractivity contribution is 0.673. The zero-order valence-corrected chi connectivity index (χ0v) is 31.7. The predicted octanol–water partition coefficient (Wildman–Crippen LogP) is 14.2. The van der Waals surface area contributed by atoms with Gasteiger partial charge in [0.15, 0.2) is 0 Å². The molecular weight excluding hydrogens is 721 g/mol. The average Bonchev–Trinajstić information content (AvgIpc) is 3.97. The van der Waals surface area contributed by atoms with Crippen molar-refractivity contribution in [2.24, 2.45) is 0 Å². The summed E-state index contributed by atoms with van der Waals surface area (Å²) in [7, 11) is 0. The van der Waals surface area contributed by atoms with Gasteiger partial charge in [0, 0.05) is 49.0 Å². The quantitative estimate of drug-likeness (QED) is 0.168. The number of aromatic nitrogens is 4. The smallest absolute Gasteiger partial charge is 0.235 e. The van der Waals surface area contributed by atoms with Gasteiger partial charge in [-0.1, -0.05) is 152 Å². The Morgan fingerprint density at radius 3 is 1.83 bits per heavy atom. The maximum absolute atomic E-state index is 6.82. The molecule has 13 aromatic rings. The molecule has 5 heteroatoms. The van der Waals surface area contributed by atoms with Crippen LogP contribution in [0, 0.1) is 0 Å². The van der Waals surface area contributed by atoms with Gasteiger partial charge in [-0.3, -0.25) is 4.57 Å². The van der Waals surface area contributed by atoms with Gasteiger partial charge < -0.3 is 8.98 Å². The molecule has 0 radical (unpaired) electrons. The van der Waals surface area contributed by atoms with Gasteiger partial charge in [0.2, 0.25) is 5.95 Å². The molecular formula is C54H32N4O. The van der Waals surface area contributed by atoms with Crippen LogP contribution in [0.15, 0.2) is 199 Å². The normalized spacial score (nSPS) is 12.1. The molecule has 0 spiro atoms. The molecule has 0 aliphatic heterocycles. The second-order valence-corrected chi connectivity index (χ2v) is 15.3. The Bertz CT molecular complexity index is 3820. The molecule has 0 aliphatic carbocycles. The zero-order chi connectivity index (χ0) is 38.6. The van der Waals surface area contributed by atoms with Crippen molar-refractivity contribution in [2.45, 2.75) is 0 Å². The summed E-state index contributed by atoms with van der Waals surface area (Å²) in [4.78, 5) is 11.1. The molecule has 5 nitrogen and oxygen atoms in total. The van der Waals surface area contributed by atoms with Crippen molar-refractivity contribution >= 4 is 87.2 Å². The largest absolute Gasteiger partial charge is 0.455 e. The molecule has 59 heavy (non-hydrogen) atoms. The van der Waals surface area contributed by atoms with Crippen LogP contribution in [-0.4, -0.2) is 19.1 Å². The van der Waals surface area contributed by atoms with Crippen LogP contribution in [0.1, 0.15) is 0 Å². The molecule has 13 rings (SSSR count). The van der Waals surface area contributed by atoms with E-state index in [1.165, 1.54) is 16.5 Å². The van der Waals surface area contributed by atoms with E-state index in [4.69, 9.17) is 14.4 Å². The van der Waals surface area contributed by atoms with Crippen molar-refractivity contribution in [3.05, 3.63) is 194 Å². The van der Waals surface area contributed by atoms with E-state index in [2.05, 4.69) is 197 Å². The van der Waals surface area contributed by atoms with E-state index in [-0.39, 0.29) is 0 Å². The van der Waals surface area contributed by atoms with Crippen LogP contribution < -0.4 is 0 Å². The third-order valence-electron chi connectivity index (χ3n) is 12.1. The molecule has 0 aliphatic rings. The lowest BCUT2D eigenvalue weighted by Crippen LogP contribution is -2.05. The molecule has 0 atom stereocenters. The molecule has 4 aromatic heterocycles. The summed E-state index contributed by atoms with van der Waals surface area (Å²) in [6.07, 6.45) is 0. The van der Waals surface area contributed by atoms with Gasteiger partial charge in [-0.05, 0) is 59.0 Å². The maximum Gasteiger partial charge on any atom is 0.235 e. The first-order chi connectivity index (χ1) is 29.3.